The van der Waals surface area contributed by atoms with E-state index in [9.17, 15) is 4.79 Å². The van der Waals surface area contributed by atoms with Gasteiger partial charge in [0.25, 0.3) is 0 Å². The van der Waals surface area contributed by atoms with Crippen LogP contribution in [0.2, 0.25) is 0 Å². The minimum Gasteiger partial charge on any atom is -0.392 e. The molecule has 1 saturated heterocycles. The Morgan fingerprint density at radius 3 is 3.18 bits per heavy atom. The summed E-state index contributed by atoms with van der Waals surface area (Å²) in [6, 6.07) is 0.109. The maximum Gasteiger partial charge on any atom is 0.221 e. The van der Waals surface area contributed by atoms with Crippen LogP contribution in [-0.4, -0.2) is 23.7 Å². The first kappa shape index (κ1) is 6.48. The van der Waals surface area contributed by atoms with Crippen molar-refractivity contribution in [2.75, 3.05) is 6.54 Å². The van der Waals surface area contributed by atoms with Crippen LogP contribution in [0.5, 0.6) is 0 Å². The molecule has 2 N–H and O–H groups in total. The smallest absolute Gasteiger partial charge is 0.221 e. The number of hydrogen-bond donors (Lipinski definition) is 2. The monoisotopic (exact) mass is 155 g/mol. The summed E-state index contributed by atoms with van der Waals surface area (Å²) in [6.45, 7) is 0.646. The molecule has 0 aromatic carbocycles. The Morgan fingerprint density at radius 1 is 1.73 bits per heavy atom. The number of hydroxylamine groups is 1. The molecule has 60 valence electrons. The van der Waals surface area contributed by atoms with Crippen molar-refractivity contribution in [1.29, 1.82) is 0 Å². The topological polar surface area (TPSA) is 53.6 Å². The lowest BCUT2D eigenvalue weighted by Crippen LogP contribution is -2.40. The van der Waals surface area contributed by atoms with Gasteiger partial charge in [0.15, 0.2) is 0 Å². The minimum absolute atomic E-state index is 0.0762. The van der Waals surface area contributed by atoms with Gasteiger partial charge in [0.05, 0.1) is 12.2 Å². The Kier molecular flexibility index (Phi) is 1.43. The van der Waals surface area contributed by atoms with Gasteiger partial charge < -0.3 is 10.2 Å². The molecule has 0 aliphatic carbocycles. The lowest BCUT2D eigenvalue weighted by molar-refractivity contribution is -0.144. The first-order valence-corrected chi connectivity index (χ1v) is 3.50. The molecule has 1 amide bonds. The molecule has 1 fully saturated rings. The summed E-state index contributed by atoms with van der Waals surface area (Å²) in [5, 5.41) is 4.29. The Hall–Kier alpha value is -1.23. The van der Waals surface area contributed by atoms with Crippen LogP contribution < -0.4 is 10.7 Å². The van der Waals surface area contributed by atoms with Crippen molar-refractivity contribution >= 4 is 5.91 Å². The summed E-state index contributed by atoms with van der Waals surface area (Å²) >= 11 is 0. The van der Waals surface area contributed by atoms with Crippen molar-refractivity contribution in [3.8, 4) is 0 Å². The van der Waals surface area contributed by atoms with Crippen LogP contribution >= 0.6 is 0 Å². The summed E-state index contributed by atoms with van der Waals surface area (Å²) in [5.41, 5.74) is 2.86. The average Bonchev–Trinajstić information content (AvgIpc) is 2.55. The van der Waals surface area contributed by atoms with E-state index < -0.39 is 0 Å². The van der Waals surface area contributed by atoms with E-state index in [4.69, 9.17) is 4.84 Å². The lowest BCUT2D eigenvalue weighted by atomic mass is 10.3. The first-order chi connectivity index (χ1) is 5.36. The number of carbonyl (C=O) groups is 1. The fraction of sp³-hybridized carbons (Fsp3) is 0.500. The predicted octanol–water partition coefficient (Wildman–Crippen LogP) is -0.902. The van der Waals surface area contributed by atoms with E-state index in [0.29, 0.717) is 13.0 Å². The third kappa shape index (κ3) is 1.14. The molecule has 0 bridgehead atoms. The Labute approximate surface area is 63.9 Å². The van der Waals surface area contributed by atoms with E-state index in [1.54, 1.807) is 17.6 Å². The molecule has 2 heterocycles. The van der Waals surface area contributed by atoms with E-state index in [2.05, 4.69) is 10.7 Å². The maximum absolute atomic E-state index is 10.8. The molecule has 5 nitrogen and oxygen atoms in total. The van der Waals surface area contributed by atoms with E-state index in [1.807, 2.05) is 0 Å². The average molecular weight is 155 g/mol. The summed E-state index contributed by atoms with van der Waals surface area (Å²) in [4.78, 5) is 15.8. The second-order valence-corrected chi connectivity index (χ2v) is 2.53. The number of rotatable bonds is 1. The van der Waals surface area contributed by atoms with Gasteiger partial charge in [-0.3, -0.25) is 10.2 Å². The quantitative estimate of drug-likeness (QED) is 0.515. The zero-order valence-electron chi connectivity index (χ0n) is 5.91. The molecule has 2 rings (SSSR count). The van der Waals surface area contributed by atoms with E-state index in [1.165, 1.54) is 0 Å². The van der Waals surface area contributed by atoms with Gasteiger partial charge in [-0.2, -0.15) is 0 Å². The molecule has 0 spiro atoms. The van der Waals surface area contributed by atoms with Crippen LogP contribution in [0.3, 0.4) is 0 Å². The van der Waals surface area contributed by atoms with Crippen molar-refractivity contribution in [3.63, 3.8) is 0 Å². The summed E-state index contributed by atoms with van der Waals surface area (Å²) in [5.74, 6) is 0.0762. The van der Waals surface area contributed by atoms with Gasteiger partial charge in [0.1, 0.15) is 6.26 Å². The Morgan fingerprint density at radius 2 is 2.64 bits per heavy atom. The number of hydrogen-bond acceptors (Lipinski definition) is 4. The second-order valence-electron chi connectivity index (χ2n) is 2.53. The molecule has 1 atom stereocenters. The van der Waals surface area contributed by atoms with Crippen LogP contribution in [0, 0.1) is 0 Å². The molecular weight excluding hydrogens is 146 g/mol. The van der Waals surface area contributed by atoms with Crippen molar-refractivity contribution in [1.82, 2.24) is 15.9 Å². The zero-order valence-corrected chi connectivity index (χ0v) is 5.91. The number of nitrogens with zero attached hydrogens (tertiary/aromatic N) is 1. The van der Waals surface area contributed by atoms with Gasteiger partial charge >= 0.3 is 0 Å². The Bertz CT molecular complexity index is 196. The van der Waals surface area contributed by atoms with Crippen LogP contribution in [-0.2, 0) is 9.63 Å². The van der Waals surface area contributed by atoms with Crippen molar-refractivity contribution in [2.45, 2.75) is 12.5 Å². The zero-order chi connectivity index (χ0) is 7.68. The highest BCUT2D eigenvalue weighted by Gasteiger charge is 2.29. The fourth-order valence-electron chi connectivity index (χ4n) is 1.18. The minimum atomic E-state index is 0.0762. The number of amides is 1. The molecule has 5 heteroatoms. The first-order valence-electron chi connectivity index (χ1n) is 3.50. The molecule has 0 radical (unpaired) electrons. The van der Waals surface area contributed by atoms with Crippen LogP contribution in [0.4, 0.5) is 0 Å². The van der Waals surface area contributed by atoms with Gasteiger partial charge in [0, 0.05) is 13.0 Å². The molecular formula is C6H9N3O2. The summed E-state index contributed by atoms with van der Waals surface area (Å²) in [6.07, 6.45) is 3.72. The van der Waals surface area contributed by atoms with E-state index >= 15 is 0 Å². The second kappa shape index (κ2) is 2.43. The normalized spacial score (nSPS) is 29.8. The molecule has 1 unspecified atom stereocenters. The Balaban J connectivity index is 1.91. The van der Waals surface area contributed by atoms with E-state index in [0.717, 1.165) is 0 Å². The summed E-state index contributed by atoms with van der Waals surface area (Å²) < 4.78 is 0. The third-order valence-electron chi connectivity index (χ3n) is 1.73. The standard InChI is InChI=1S/C6H9N3O2/c10-6-3-5(4-7-6)9-8-1-2-11-9/h1-2,5,8H,3-4H2,(H,7,10). The highest BCUT2D eigenvalue weighted by molar-refractivity contribution is 5.78. The lowest BCUT2D eigenvalue weighted by Gasteiger charge is -2.19. The van der Waals surface area contributed by atoms with Crippen molar-refractivity contribution < 1.29 is 9.63 Å². The molecule has 2 aliphatic rings. The highest BCUT2D eigenvalue weighted by atomic mass is 16.7. The maximum atomic E-state index is 10.8. The summed E-state index contributed by atoms with van der Waals surface area (Å²) in [7, 11) is 0. The SMILES string of the molecule is O=C1CC(N2NC=CO2)CN1. The molecule has 0 aromatic heterocycles. The largest absolute Gasteiger partial charge is 0.392 e. The predicted molar refractivity (Wildman–Crippen MR) is 36.6 cm³/mol. The molecule has 0 aromatic rings. The van der Waals surface area contributed by atoms with Gasteiger partial charge in [0.2, 0.25) is 5.91 Å². The van der Waals surface area contributed by atoms with Gasteiger partial charge in [-0.1, -0.05) is 5.17 Å². The van der Waals surface area contributed by atoms with Crippen LogP contribution in [0.15, 0.2) is 12.5 Å². The van der Waals surface area contributed by atoms with Crippen molar-refractivity contribution in [2.24, 2.45) is 0 Å². The fourth-order valence-corrected chi connectivity index (χ4v) is 1.18. The van der Waals surface area contributed by atoms with Gasteiger partial charge in [-0.05, 0) is 0 Å². The number of carbonyl (C=O) groups excluding carboxylic acids is 1. The molecule has 2 aliphatic heterocycles. The van der Waals surface area contributed by atoms with Gasteiger partial charge in [-0.25, -0.2) is 0 Å². The number of hydrazine groups is 1. The van der Waals surface area contributed by atoms with E-state index in [-0.39, 0.29) is 11.9 Å². The molecule has 0 saturated carbocycles. The molecule has 11 heavy (non-hydrogen) atoms. The highest BCUT2D eigenvalue weighted by Crippen LogP contribution is 2.09. The third-order valence-corrected chi connectivity index (χ3v) is 1.73. The van der Waals surface area contributed by atoms with Crippen LogP contribution in [0.1, 0.15) is 6.42 Å². The van der Waals surface area contributed by atoms with Gasteiger partial charge in [-0.15, -0.1) is 0 Å². The van der Waals surface area contributed by atoms with Crippen molar-refractivity contribution in [3.05, 3.63) is 12.5 Å². The van der Waals surface area contributed by atoms with Crippen LogP contribution in [0.25, 0.3) is 0 Å². The number of nitrogens with one attached hydrogen (secondary N) is 2.